The number of fused-ring (bicyclic) bond motifs is 1. The molecule has 0 aliphatic heterocycles. The molecule has 1 aromatic carbocycles. The first-order valence-electron chi connectivity index (χ1n) is 6.68. The van der Waals surface area contributed by atoms with Crippen LogP contribution in [0, 0.1) is 6.92 Å². The van der Waals surface area contributed by atoms with E-state index in [4.69, 9.17) is 0 Å². The number of aromatic nitrogens is 4. The smallest absolute Gasteiger partial charge is 0.325 e. The molecular weight excluding hydrogens is 284 g/mol. The highest BCUT2D eigenvalue weighted by atomic mass is 16.5. The quantitative estimate of drug-likeness (QED) is 0.676. The van der Waals surface area contributed by atoms with E-state index in [0.717, 1.165) is 11.3 Å². The van der Waals surface area contributed by atoms with Gasteiger partial charge in [-0.2, -0.15) is 5.10 Å². The van der Waals surface area contributed by atoms with Gasteiger partial charge in [-0.05, 0) is 18.6 Å². The van der Waals surface area contributed by atoms with Gasteiger partial charge in [0.1, 0.15) is 18.3 Å². The van der Waals surface area contributed by atoms with Crippen LogP contribution in [0.5, 0.6) is 0 Å². The largest absolute Gasteiger partial charge is 0.468 e. The molecule has 3 rings (SSSR count). The van der Waals surface area contributed by atoms with Crippen LogP contribution in [-0.2, 0) is 16.1 Å². The molecule has 0 spiro atoms. The Bertz CT molecular complexity index is 911. The fourth-order valence-electron chi connectivity index (χ4n) is 2.24. The van der Waals surface area contributed by atoms with E-state index in [9.17, 15) is 9.59 Å². The van der Waals surface area contributed by atoms with Crippen LogP contribution < -0.4 is 5.56 Å². The number of carbonyl (C=O) groups is 1. The van der Waals surface area contributed by atoms with Crippen LogP contribution in [0.15, 0.2) is 41.6 Å². The lowest BCUT2D eigenvalue weighted by Gasteiger charge is -2.07. The monoisotopic (exact) mass is 298 g/mol. The minimum atomic E-state index is -0.505. The van der Waals surface area contributed by atoms with E-state index < -0.39 is 5.97 Å². The van der Waals surface area contributed by atoms with Gasteiger partial charge in [-0.25, -0.2) is 9.67 Å². The first-order chi connectivity index (χ1) is 10.6. The van der Waals surface area contributed by atoms with Gasteiger partial charge < -0.3 is 4.74 Å². The van der Waals surface area contributed by atoms with E-state index in [-0.39, 0.29) is 12.1 Å². The second kappa shape index (κ2) is 5.44. The van der Waals surface area contributed by atoms with Crippen molar-refractivity contribution in [3.63, 3.8) is 0 Å². The van der Waals surface area contributed by atoms with Crippen molar-refractivity contribution in [3.05, 3.63) is 52.7 Å². The number of ether oxygens (including phenoxy) is 1. The van der Waals surface area contributed by atoms with Gasteiger partial charge in [-0.15, -0.1) is 0 Å². The molecule has 0 fully saturated rings. The zero-order chi connectivity index (χ0) is 15.7. The topological polar surface area (TPSA) is 79.0 Å². The highest BCUT2D eigenvalue weighted by Crippen LogP contribution is 2.16. The van der Waals surface area contributed by atoms with Crippen molar-refractivity contribution in [2.24, 2.45) is 0 Å². The minimum absolute atomic E-state index is 0.173. The van der Waals surface area contributed by atoms with Crippen molar-refractivity contribution in [3.8, 4) is 5.69 Å². The van der Waals surface area contributed by atoms with Crippen LogP contribution in [0.1, 0.15) is 5.56 Å². The molecule has 0 saturated heterocycles. The van der Waals surface area contributed by atoms with Gasteiger partial charge in [0, 0.05) is 0 Å². The van der Waals surface area contributed by atoms with Crippen molar-refractivity contribution >= 4 is 17.0 Å². The lowest BCUT2D eigenvalue weighted by Crippen LogP contribution is -2.25. The Kier molecular flexibility index (Phi) is 3.46. The van der Waals surface area contributed by atoms with E-state index in [0.29, 0.717) is 11.0 Å². The number of hydrogen-bond donors (Lipinski definition) is 0. The SMILES string of the molecule is COC(=O)Cn1cnc2c(cnn2-c2ccccc2C)c1=O. The van der Waals surface area contributed by atoms with E-state index in [1.54, 1.807) is 4.68 Å². The van der Waals surface area contributed by atoms with Crippen LogP contribution in [0.2, 0.25) is 0 Å². The van der Waals surface area contributed by atoms with Gasteiger partial charge in [-0.3, -0.25) is 14.2 Å². The highest BCUT2D eigenvalue weighted by Gasteiger charge is 2.13. The van der Waals surface area contributed by atoms with Gasteiger partial charge >= 0.3 is 5.97 Å². The second-order valence-corrected chi connectivity index (χ2v) is 4.83. The second-order valence-electron chi connectivity index (χ2n) is 4.83. The van der Waals surface area contributed by atoms with Crippen molar-refractivity contribution in [2.45, 2.75) is 13.5 Å². The molecular formula is C15H14N4O3. The molecule has 0 radical (unpaired) electrons. The predicted molar refractivity (Wildman–Crippen MR) is 79.9 cm³/mol. The number of esters is 1. The van der Waals surface area contributed by atoms with E-state index in [2.05, 4.69) is 14.8 Å². The van der Waals surface area contributed by atoms with Crippen LogP contribution in [0.4, 0.5) is 0 Å². The fourth-order valence-corrected chi connectivity index (χ4v) is 2.24. The van der Waals surface area contributed by atoms with Crippen LogP contribution in [0.25, 0.3) is 16.7 Å². The third kappa shape index (κ3) is 2.26. The standard InChI is InChI=1S/C15H14N4O3/c1-10-5-3-4-6-12(10)19-14-11(7-17-19)15(21)18(9-16-14)8-13(20)22-2/h3-7,9H,8H2,1-2H3. The maximum absolute atomic E-state index is 12.4. The van der Waals surface area contributed by atoms with E-state index >= 15 is 0 Å². The number of carbonyl (C=O) groups excluding carboxylic acids is 1. The van der Waals surface area contributed by atoms with Crippen molar-refractivity contribution in [2.75, 3.05) is 7.11 Å². The first-order valence-corrected chi connectivity index (χ1v) is 6.68. The lowest BCUT2D eigenvalue weighted by molar-refractivity contribution is -0.141. The molecule has 0 atom stereocenters. The van der Waals surface area contributed by atoms with Crippen LogP contribution >= 0.6 is 0 Å². The predicted octanol–water partition coefficient (Wildman–Crippen LogP) is 1.06. The molecule has 0 aliphatic carbocycles. The molecule has 0 aliphatic rings. The van der Waals surface area contributed by atoms with Crippen molar-refractivity contribution in [1.29, 1.82) is 0 Å². The Balaban J connectivity index is 2.14. The Hall–Kier alpha value is -2.96. The van der Waals surface area contributed by atoms with Gasteiger partial charge in [-0.1, -0.05) is 18.2 Å². The molecule has 2 heterocycles. The summed E-state index contributed by atoms with van der Waals surface area (Å²) in [5.41, 5.74) is 2.01. The van der Waals surface area contributed by atoms with E-state index in [1.165, 1.54) is 24.2 Å². The maximum Gasteiger partial charge on any atom is 0.325 e. The molecule has 7 heteroatoms. The zero-order valence-corrected chi connectivity index (χ0v) is 12.2. The summed E-state index contributed by atoms with van der Waals surface area (Å²) >= 11 is 0. The number of hydrogen-bond acceptors (Lipinski definition) is 5. The van der Waals surface area contributed by atoms with Crippen molar-refractivity contribution < 1.29 is 9.53 Å². The summed E-state index contributed by atoms with van der Waals surface area (Å²) in [4.78, 5) is 27.9. The zero-order valence-electron chi connectivity index (χ0n) is 12.2. The average molecular weight is 298 g/mol. The third-order valence-electron chi connectivity index (χ3n) is 3.43. The summed E-state index contributed by atoms with van der Waals surface area (Å²) < 4.78 is 7.39. The Labute approximate surface area is 125 Å². The van der Waals surface area contributed by atoms with Gasteiger partial charge in [0.2, 0.25) is 0 Å². The number of aryl methyl sites for hydroxylation is 1. The van der Waals surface area contributed by atoms with Crippen LogP contribution in [0.3, 0.4) is 0 Å². The molecule has 2 aromatic heterocycles. The minimum Gasteiger partial charge on any atom is -0.468 e. The van der Waals surface area contributed by atoms with Gasteiger partial charge in [0.25, 0.3) is 5.56 Å². The molecule has 0 bridgehead atoms. The number of para-hydroxylation sites is 1. The summed E-state index contributed by atoms with van der Waals surface area (Å²) in [7, 11) is 1.27. The number of rotatable bonds is 3. The Morgan fingerprint density at radius 2 is 2.09 bits per heavy atom. The molecule has 0 saturated carbocycles. The summed E-state index contributed by atoms with van der Waals surface area (Å²) in [6, 6.07) is 7.69. The Morgan fingerprint density at radius 1 is 1.32 bits per heavy atom. The Morgan fingerprint density at radius 3 is 2.82 bits per heavy atom. The molecule has 0 unspecified atom stereocenters. The maximum atomic E-state index is 12.4. The molecule has 112 valence electrons. The normalized spacial score (nSPS) is 10.8. The molecule has 0 amide bonds. The summed E-state index contributed by atoms with van der Waals surface area (Å²) in [5.74, 6) is -0.505. The number of benzene rings is 1. The number of nitrogens with zero attached hydrogens (tertiary/aromatic N) is 4. The summed E-state index contributed by atoms with van der Waals surface area (Å²) in [6.07, 6.45) is 2.79. The van der Waals surface area contributed by atoms with Gasteiger partial charge in [0.15, 0.2) is 5.65 Å². The summed E-state index contributed by atoms with van der Waals surface area (Å²) in [5, 5.41) is 4.61. The van der Waals surface area contributed by atoms with Crippen molar-refractivity contribution in [1.82, 2.24) is 19.3 Å². The average Bonchev–Trinajstić information content (AvgIpc) is 2.95. The molecule has 22 heavy (non-hydrogen) atoms. The lowest BCUT2D eigenvalue weighted by atomic mass is 10.2. The molecule has 7 nitrogen and oxygen atoms in total. The fraction of sp³-hybridized carbons (Fsp3) is 0.200. The number of methoxy groups -OCH3 is 1. The first kappa shape index (κ1) is 14.0. The molecule has 0 N–H and O–H groups in total. The van der Waals surface area contributed by atoms with Crippen LogP contribution in [-0.4, -0.2) is 32.4 Å². The van der Waals surface area contributed by atoms with Gasteiger partial charge in [0.05, 0.1) is 19.0 Å². The third-order valence-corrected chi connectivity index (χ3v) is 3.43. The highest BCUT2D eigenvalue weighted by molar-refractivity contribution is 5.76. The van der Waals surface area contributed by atoms with E-state index in [1.807, 2.05) is 31.2 Å². The summed E-state index contributed by atoms with van der Waals surface area (Å²) in [6.45, 7) is 1.79. The molecule has 3 aromatic rings.